The maximum atomic E-state index is 5.90. The van der Waals surface area contributed by atoms with Crippen molar-refractivity contribution in [1.82, 2.24) is 9.99 Å². The molecule has 0 atom stereocenters. The van der Waals surface area contributed by atoms with Crippen LogP contribution in [0.3, 0.4) is 0 Å². The maximum absolute atomic E-state index is 5.90. The molecule has 0 spiro atoms. The Bertz CT molecular complexity index is 860. The molecule has 3 rings (SSSR count). The van der Waals surface area contributed by atoms with E-state index in [1.165, 1.54) is 22.2 Å². The predicted octanol–water partition coefficient (Wildman–Crippen LogP) is 5.31. The summed E-state index contributed by atoms with van der Waals surface area (Å²) in [7, 11) is 0. The summed E-state index contributed by atoms with van der Waals surface area (Å²) in [6.07, 6.45) is 1.92. The lowest BCUT2D eigenvalue weighted by Crippen LogP contribution is -2.06. The van der Waals surface area contributed by atoms with Crippen molar-refractivity contribution in [2.45, 2.75) is 33.4 Å². The van der Waals surface area contributed by atoms with Crippen LogP contribution < -0.4 is 5.43 Å². The van der Waals surface area contributed by atoms with Crippen molar-refractivity contribution in [3.63, 3.8) is 0 Å². The number of hydrogen-bond acceptors (Lipinski definition) is 2. The monoisotopic (exact) mass is 339 g/mol. The van der Waals surface area contributed by atoms with Gasteiger partial charge >= 0.3 is 0 Å². The Morgan fingerprint density at radius 2 is 1.83 bits per heavy atom. The summed E-state index contributed by atoms with van der Waals surface area (Å²) in [5, 5.41) is 6.41. The normalized spacial score (nSPS) is 11.7. The number of nitrogens with one attached hydrogen (secondary N) is 1. The highest BCUT2D eigenvalue weighted by molar-refractivity contribution is 6.30. The molecule has 3 aromatic rings. The first-order valence-electron chi connectivity index (χ1n) is 8.18. The first-order chi connectivity index (χ1) is 11.6. The number of benzene rings is 2. The third kappa shape index (κ3) is 3.31. The van der Waals surface area contributed by atoms with Gasteiger partial charge in [-0.15, -0.1) is 0 Å². The van der Waals surface area contributed by atoms with Crippen LogP contribution in [-0.2, 0) is 6.54 Å². The first kappa shape index (κ1) is 16.6. The molecule has 24 heavy (non-hydrogen) atoms. The van der Waals surface area contributed by atoms with Gasteiger partial charge in [0.15, 0.2) is 0 Å². The van der Waals surface area contributed by atoms with Gasteiger partial charge in [-0.2, -0.15) is 5.10 Å². The lowest BCUT2D eigenvalue weighted by molar-refractivity contribution is 0.607. The highest BCUT2D eigenvalue weighted by Crippen LogP contribution is 2.27. The van der Waals surface area contributed by atoms with Crippen molar-refractivity contribution in [1.29, 1.82) is 0 Å². The fourth-order valence-electron chi connectivity index (χ4n) is 3.09. The van der Waals surface area contributed by atoms with Gasteiger partial charge in [-0.25, -0.2) is 0 Å². The summed E-state index contributed by atoms with van der Waals surface area (Å²) in [6.45, 7) is 7.24. The first-order valence-corrected chi connectivity index (χ1v) is 8.55. The average Bonchev–Trinajstić information content (AvgIpc) is 2.85. The molecule has 0 saturated carbocycles. The molecular formula is C20H22ClN3. The van der Waals surface area contributed by atoms with Crippen molar-refractivity contribution in [2.75, 3.05) is 0 Å². The average molecular weight is 340 g/mol. The van der Waals surface area contributed by atoms with Gasteiger partial charge in [0.2, 0.25) is 0 Å². The molecule has 0 aliphatic carbocycles. The van der Waals surface area contributed by atoms with Gasteiger partial charge in [0.05, 0.1) is 12.8 Å². The Morgan fingerprint density at radius 1 is 1.12 bits per heavy atom. The number of aromatic nitrogens is 1. The highest BCUT2D eigenvalue weighted by atomic mass is 35.5. The van der Waals surface area contributed by atoms with Crippen LogP contribution in [0.25, 0.3) is 10.9 Å². The zero-order valence-electron chi connectivity index (χ0n) is 14.3. The van der Waals surface area contributed by atoms with Crippen LogP contribution in [-0.4, -0.2) is 10.8 Å². The summed E-state index contributed by atoms with van der Waals surface area (Å²) >= 11 is 5.90. The van der Waals surface area contributed by atoms with E-state index in [0.29, 0.717) is 12.6 Å². The molecule has 0 bridgehead atoms. The molecule has 4 heteroatoms. The fraction of sp³-hybridized carbons (Fsp3) is 0.250. The smallest absolute Gasteiger partial charge is 0.0580 e. The van der Waals surface area contributed by atoms with E-state index in [2.05, 4.69) is 60.1 Å². The Kier molecular flexibility index (Phi) is 4.91. The minimum absolute atomic E-state index is 0.416. The van der Waals surface area contributed by atoms with Gasteiger partial charge in [0.1, 0.15) is 0 Å². The minimum atomic E-state index is 0.416. The number of para-hydroxylation sites is 1. The molecule has 0 saturated heterocycles. The molecule has 1 aromatic heterocycles. The molecule has 0 radical (unpaired) electrons. The number of hydrogen-bond donors (Lipinski definition) is 1. The van der Waals surface area contributed by atoms with E-state index in [4.69, 9.17) is 11.6 Å². The van der Waals surface area contributed by atoms with Gasteiger partial charge in [0.25, 0.3) is 0 Å². The Morgan fingerprint density at radius 3 is 2.54 bits per heavy atom. The molecule has 0 unspecified atom stereocenters. The van der Waals surface area contributed by atoms with Crippen LogP contribution in [0.1, 0.15) is 36.7 Å². The quantitative estimate of drug-likeness (QED) is 0.495. The zero-order valence-corrected chi connectivity index (χ0v) is 15.0. The summed E-state index contributed by atoms with van der Waals surface area (Å²) in [5.41, 5.74) is 7.93. The van der Waals surface area contributed by atoms with Crippen molar-refractivity contribution >= 4 is 28.7 Å². The van der Waals surface area contributed by atoms with Crippen LogP contribution in [0, 0.1) is 6.92 Å². The molecule has 1 heterocycles. The van der Waals surface area contributed by atoms with Gasteiger partial charge in [-0.05, 0) is 44.5 Å². The topological polar surface area (TPSA) is 29.3 Å². The van der Waals surface area contributed by atoms with E-state index in [0.717, 1.165) is 10.6 Å². The van der Waals surface area contributed by atoms with Crippen LogP contribution in [0.4, 0.5) is 0 Å². The lowest BCUT2D eigenvalue weighted by Gasteiger charge is -2.12. The molecule has 1 N–H and O–H groups in total. The number of halogens is 1. The second kappa shape index (κ2) is 7.10. The summed E-state index contributed by atoms with van der Waals surface area (Å²) in [4.78, 5) is 0. The Hall–Kier alpha value is -2.26. The zero-order chi connectivity index (χ0) is 17.1. The van der Waals surface area contributed by atoms with E-state index in [9.17, 15) is 0 Å². The van der Waals surface area contributed by atoms with Crippen molar-refractivity contribution < 1.29 is 0 Å². The van der Waals surface area contributed by atoms with E-state index >= 15 is 0 Å². The van der Waals surface area contributed by atoms with Crippen LogP contribution in [0.5, 0.6) is 0 Å². The van der Waals surface area contributed by atoms with Crippen LogP contribution >= 0.6 is 11.6 Å². The Balaban J connectivity index is 1.82. The molecular weight excluding hydrogens is 318 g/mol. The molecule has 0 fully saturated rings. The largest absolute Gasteiger partial charge is 0.342 e. The predicted molar refractivity (Wildman–Crippen MR) is 103 cm³/mol. The molecule has 0 aliphatic rings. The van der Waals surface area contributed by atoms with Gasteiger partial charge in [-0.3, -0.25) is 0 Å². The molecule has 0 aliphatic heterocycles. The van der Waals surface area contributed by atoms with Gasteiger partial charge < -0.3 is 9.99 Å². The van der Waals surface area contributed by atoms with E-state index in [-0.39, 0.29) is 0 Å². The number of rotatable bonds is 5. The van der Waals surface area contributed by atoms with Crippen molar-refractivity contribution in [3.05, 3.63) is 70.4 Å². The van der Waals surface area contributed by atoms with E-state index in [1.54, 1.807) is 0 Å². The molecule has 0 amide bonds. The third-order valence-corrected chi connectivity index (χ3v) is 4.45. The standard InChI is InChI=1S/C20H22ClN3/c1-14(2)24-15(3)19(18-6-4-5-7-20(18)24)13-23-22-12-16-8-10-17(21)11-9-16/h4-11,13-14,22H,12H2,1-3H3/b23-13-. The van der Waals surface area contributed by atoms with E-state index in [1.807, 2.05) is 30.5 Å². The van der Waals surface area contributed by atoms with E-state index < -0.39 is 0 Å². The molecule has 3 nitrogen and oxygen atoms in total. The number of nitrogens with zero attached hydrogens (tertiary/aromatic N) is 2. The second-order valence-electron chi connectivity index (χ2n) is 6.20. The minimum Gasteiger partial charge on any atom is -0.342 e. The molecule has 2 aromatic carbocycles. The second-order valence-corrected chi connectivity index (χ2v) is 6.64. The highest BCUT2D eigenvalue weighted by Gasteiger charge is 2.13. The van der Waals surface area contributed by atoms with Gasteiger partial charge in [-0.1, -0.05) is 41.9 Å². The van der Waals surface area contributed by atoms with Crippen LogP contribution in [0.15, 0.2) is 53.6 Å². The fourth-order valence-corrected chi connectivity index (χ4v) is 3.22. The Labute approximate surface area is 147 Å². The molecule has 124 valence electrons. The SMILES string of the molecule is Cc1c(/C=N\NCc2ccc(Cl)cc2)c2ccccc2n1C(C)C. The maximum Gasteiger partial charge on any atom is 0.0580 e. The van der Waals surface area contributed by atoms with Crippen molar-refractivity contribution in [2.24, 2.45) is 5.10 Å². The van der Waals surface area contributed by atoms with Gasteiger partial charge in [0, 0.05) is 33.2 Å². The number of hydrazone groups is 1. The third-order valence-electron chi connectivity index (χ3n) is 4.20. The summed E-state index contributed by atoms with van der Waals surface area (Å²) in [6, 6.07) is 16.7. The van der Waals surface area contributed by atoms with Crippen LogP contribution in [0.2, 0.25) is 5.02 Å². The summed E-state index contributed by atoms with van der Waals surface area (Å²) < 4.78 is 2.36. The number of fused-ring (bicyclic) bond motifs is 1. The lowest BCUT2D eigenvalue weighted by atomic mass is 10.1. The summed E-state index contributed by atoms with van der Waals surface area (Å²) in [5.74, 6) is 0. The van der Waals surface area contributed by atoms with Crippen molar-refractivity contribution in [3.8, 4) is 0 Å².